The normalized spacial score (nSPS) is 12.1. The molecule has 0 fully saturated rings. The fourth-order valence-electron chi connectivity index (χ4n) is 2.00. The number of nitrogens with two attached hydrogens (primary N) is 1. The molecule has 0 aromatic heterocycles. The van der Waals surface area contributed by atoms with Gasteiger partial charge in [-0.2, -0.15) is 0 Å². The van der Waals surface area contributed by atoms with Gasteiger partial charge in [0.25, 0.3) is 0 Å². The second-order valence-corrected chi connectivity index (χ2v) is 4.35. The molecular formula is C14H23NO3. The molecule has 0 bridgehead atoms. The predicted molar refractivity (Wildman–Crippen MR) is 72.8 cm³/mol. The van der Waals surface area contributed by atoms with Crippen LogP contribution in [0, 0.1) is 6.92 Å². The van der Waals surface area contributed by atoms with Gasteiger partial charge in [-0.05, 0) is 38.8 Å². The molecule has 0 aliphatic carbocycles. The Kier molecular flexibility index (Phi) is 5.28. The van der Waals surface area contributed by atoms with Gasteiger partial charge in [-0.15, -0.1) is 0 Å². The zero-order valence-corrected chi connectivity index (χ0v) is 11.9. The first-order valence-corrected chi connectivity index (χ1v) is 6.17. The van der Waals surface area contributed by atoms with Crippen molar-refractivity contribution in [2.45, 2.75) is 33.2 Å². The Morgan fingerprint density at radius 2 is 1.89 bits per heavy atom. The van der Waals surface area contributed by atoms with Gasteiger partial charge in [0, 0.05) is 11.6 Å². The molecule has 0 radical (unpaired) electrons. The van der Waals surface area contributed by atoms with Crippen LogP contribution >= 0.6 is 0 Å². The van der Waals surface area contributed by atoms with Crippen LogP contribution < -0.4 is 19.9 Å². The van der Waals surface area contributed by atoms with E-state index in [4.69, 9.17) is 19.9 Å². The second-order valence-electron chi connectivity index (χ2n) is 4.35. The predicted octanol–water partition coefficient (Wildman–Crippen LogP) is 2.30. The third-order valence-corrected chi connectivity index (χ3v) is 2.77. The minimum Gasteiger partial charge on any atom is -0.493 e. The summed E-state index contributed by atoms with van der Waals surface area (Å²) in [6, 6.07) is 2.03. The molecule has 0 aliphatic heterocycles. The number of hydrogen-bond acceptors (Lipinski definition) is 4. The van der Waals surface area contributed by atoms with Crippen LogP contribution in [0.1, 0.15) is 25.0 Å². The fraction of sp³-hybridized carbons (Fsp3) is 0.571. The summed E-state index contributed by atoms with van der Waals surface area (Å²) in [4.78, 5) is 0. The molecule has 2 N–H and O–H groups in total. The number of hydrogen-bond donors (Lipinski definition) is 1. The minimum atomic E-state index is 0.0699. The van der Waals surface area contributed by atoms with E-state index in [1.807, 2.05) is 26.8 Å². The standard InChI is InChI=1S/C14H23NO3/c1-6-18-14-12(16-4)7-9(2)11(8-10(3)15)13(14)17-5/h7,10H,6,8,15H2,1-5H3. The summed E-state index contributed by atoms with van der Waals surface area (Å²) in [5.41, 5.74) is 8.07. The van der Waals surface area contributed by atoms with E-state index in [-0.39, 0.29) is 6.04 Å². The summed E-state index contributed by atoms with van der Waals surface area (Å²) in [5.74, 6) is 2.08. The summed E-state index contributed by atoms with van der Waals surface area (Å²) in [5, 5.41) is 0. The summed E-state index contributed by atoms with van der Waals surface area (Å²) in [6.07, 6.45) is 0.749. The van der Waals surface area contributed by atoms with Crippen LogP contribution in [0.4, 0.5) is 0 Å². The van der Waals surface area contributed by atoms with Crippen molar-refractivity contribution >= 4 is 0 Å². The Morgan fingerprint density at radius 3 is 2.33 bits per heavy atom. The van der Waals surface area contributed by atoms with Crippen molar-refractivity contribution in [2.24, 2.45) is 5.73 Å². The number of aryl methyl sites for hydroxylation is 1. The van der Waals surface area contributed by atoms with Gasteiger partial charge < -0.3 is 19.9 Å². The van der Waals surface area contributed by atoms with Crippen LogP contribution in [-0.2, 0) is 6.42 Å². The monoisotopic (exact) mass is 253 g/mol. The third kappa shape index (κ3) is 3.07. The highest BCUT2D eigenvalue weighted by atomic mass is 16.5. The highest BCUT2D eigenvalue weighted by Crippen LogP contribution is 2.42. The first-order valence-electron chi connectivity index (χ1n) is 6.17. The van der Waals surface area contributed by atoms with Gasteiger partial charge in [0.05, 0.1) is 20.8 Å². The van der Waals surface area contributed by atoms with Gasteiger partial charge in [0.15, 0.2) is 11.5 Å². The average molecular weight is 253 g/mol. The van der Waals surface area contributed by atoms with Gasteiger partial charge in [0.2, 0.25) is 5.75 Å². The summed E-state index contributed by atoms with van der Waals surface area (Å²) in [7, 11) is 3.27. The molecule has 18 heavy (non-hydrogen) atoms. The van der Waals surface area contributed by atoms with E-state index in [0.29, 0.717) is 18.1 Å². The lowest BCUT2D eigenvalue weighted by Gasteiger charge is -2.20. The molecule has 0 saturated carbocycles. The van der Waals surface area contributed by atoms with Crippen molar-refractivity contribution in [2.75, 3.05) is 20.8 Å². The quantitative estimate of drug-likeness (QED) is 0.845. The van der Waals surface area contributed by atoms with Crippen molar-refractivity contribution < 1.29 is 14.2 Å². The maximum absolute atomic E-state index is 5.88. The Hall–Kier alpha value is -1.42. The lowest BCUT2D eigenvalue weighted by atomic mass is 10.00. The van der Waals surface area contributed by atoms with Crippen LogP contribution in [0.25, 0.3) is 0 Å². The first-order chi connectivity index (χ1) is 8.54. The van der Waals surface area contributed by atoms with E-state index < -0.39 is 0 Å². The van der Waals surface area contributed by atoms with Crippen molar-refractivity contribution in [1.82, 2.24) is 0 Å². The van der Waals surface area contributed by atoms with E-state index >= 15 is 0 Å². The van der Waals surface area contributed by atoms with Crippen molar-refractivity contribution in [3.05, 3.63) is 17.2 Å². The van der Waals surface area contributed by atoms with Crippen LogP contribution in [0.2, 0.25) is 0 Å². The second kappa shape index (κ2) is 6.50. The molecule has 1 aromatic rings. The largest absolute Gasteiger partial charge is 0.493 e. The van der Waals surface area contributed by atoms with Crippen LogP contribution in [0.3, 0.4) is 0 Å². The van der Waals surface area contributed by atoms with Crippen molar-refractivity contribution in [1.29, 1.82) is 0 Å². The van der Waals surface area contributed by atoms with Crippen molar-refractivity contribution in [3.63, 3.8) is 0 Å². The van der Waals surface area contributed by atoms with Gasteiger partial charge in [-0.25, -0.2) is 0 Å². The topological polar surface area (TPSA) is 53.7 Å². The van der Waals surface area contributed by atoms with E-state index in [1.54, 1.807) is 14.2 Å². The minimum absolute atomic E-state index is 0.0699. The highest BCUT2D eigenvalue weighted by molar-refractivity contribution is 5.59. The Morgan fingerprint density at radius 1 is 1.22 bits per heavy atom. The lowest BCUT2D eigenvalue weighted by Crippen LogP contribution is -2.19. The zero-order chi connectivity index (χ0) is 13.7. The molecule has 0 spiro atoms. The Bertz CT molecular complexity index is 403. The van der Waals surface area contributed by atoms with Crippen LogP contribution in [-0.4, -0.2) is 26.9 Å². The maximum Gasteiger partial charge on any atom is 0.203 e. The number of rotatable bonds is 6. The van der Waals surface area contributed by atoms with E-state index in [0.717, 1.165) is 23.3 Å². The summed E-state index contributed by atoms with van der Waals surface area (Å²) < 4.78 is 16.5. The Balaban J connectivity index is 3.36. The molecule has 4 nitrogen and oxygen atoms in total. The van der Waals surface area contributed by atoms with Gasteiger partial charge in [0.1, 0.15) is 0 Å². The number of methoxy groups -OCH3 is 2. The maximum atomic E-state index is 5.88. The number of benzene rings is 1. The van der Waals surface area contributed by atoms with Gasteiger partial charge >= 0.3 is 0 Å². The molecule has 1 atom stereocenters. The summed E-state index contributed by atoms with van der Waals surface area (Å²) >= 11 is 0. The molecule has 102 valence electrons. The van der Waals surface area contributed by atoms with Crippen LogP contribution in [0.15, 0.2) is 6.07 Å². The molecule has 0 heterocycles. The van der Waals surface area contributed by atoms with E-state index in [2.05, 4.69) is 0 Å². The molecule has 4 heteroatoms. The third-order valence-electron chi connectivity index (χ3n) is 2.77. The van der Waals surface area contributed by atoms with Crippen molar-refractivity contribution in [3.8, 4) is 17.2 Å². The molecule has 1 rings (SSSR count). The molecule has 0 amide bonds. The molecule has 0 saturated heterocycles. The molecular weight excluding hydrogens is 230 g/mol. The molecule has 1 unspecified atom stereocenters. The molecule has 0 aliphatic rings. The lowest BCUT2D eigenvalue weighted by molar-refractivity contribution is 0.286. The summed E-state index contributed by atoms with van der Waals surface area (Å²) in [6.45, 7) is 6.50. The average Bonchev–Trinajstić information content (AvgIpc) is 2.33. The number of ether oxygens (including phenoxy) is 3. The smallest absolute Gasteiger partial charge is 0.203 e. The van der Waals surface area contributed by atoms with Gasteiger partial charge in [-0.3, -0.25) is 0 Å². The van der Waals surface area contributed by atoms with E-state index in [1.165, 1.54) is 0 Å². The Labute approximate surface area is 109 Å². The highest BCUT2D eigenvalue weighted by Gasteiger charge is 2.19. The first kappa shape index (κ1) is 14.6. The molecule has 1 aromatic carbocycles. The fourth-order valence-corrected chi connectivity index (χ4v) is 2.00. The van der Waals surface area contributed by atoms with Crippen LogP contribution in [0.5, 0.6) is 17.2 Å². The van der Waals surface area contributed by atoms with Gasteiger partial charge in [-0.1, -0.05) is 0 Å². The SMILES string of the molecule is CCOc1c(OC)cc(C)c(CC(C)N)c1OC. The van der Waals surface area contributed by atoms with E-state index in [9.17, 15) is 0 Å². The zero-order valence-electron chi connectivity index (χ0n) is 11.9.